The number of nitrogens with zero attached hydrogens (tertiary/aromatic N) is 2. The first-order valence-corrected chi connectivity index (χ1v) is 8.95. The largest absolute Gasteiger partial charge is 0.287 e. The molecule has 0 unspecified atom stereocenters. The van der Waals surface area contributed by atoms with Gasteiger partial charge in [0, 0.05) is 21.6 Å². The van der Waals surface area contributed by atoms with Crippen molar-refractivity contribution in [3.05, 3.63) is 50.1 Å². The molecular formula is C18H25BrN2O3. The third-order valence-corrected chi connectivity index (χ3v) is 4.98. The molecule has 0 aromatic heterocycles. The smallest absolute Gasteiger partial charge is 0.274 e. The van der Waals surface area contributed by atoms with Gasteiger partial charge in [0.1, 0.15) is 0 Å². The number of hydrogen-bond donors (Lipinski definition) is 0. The molecule has 1 aliphatic heterocycles. The van der Waals surface area contributed by atoms with Gasteiger partial charge >= 0.3 is 0 Å². The summed E-state index contributed by atoms with van der Waals surface area (Å²) in [5.74, 6) is 0. The summed E-state index contributed by atoms with van der Waals surface area (Å²) in [4.78, 5) is 17.0. The maximum absolute atomic E-state index is 11.4. The molecule has 0 N–H and O–H groups in total. The molecule has 1 aromatic rings. The molecule has 6 heteroatoms. The zero-order valence-corrected chi connectivity index (χ0v) is 16.3. The number of rotatable bonds is 5. The molecule has 1 aliphatic rings. The zero-order chi connectivity index (χ0) is 18.0. The van der Waals surface area contributed by atoms with Crippen molar-refractivity contribution in [3.8, 4) is 0 Å². The van der Waals surface area contributed by atoms with Crippen molar-refractivity contribution in [1.82, 2.24) is 5.06 Å². The van der Waals surface area contributed by atoms with Crippen LogP contribution in [-0.4, -0.2) is 27.7 Å². The van der Waals surface area contributed by atoms with E-state index in [-0.39, 0.29) is 28.3 Å². The summed E-state index contributed by atoms with van der Waals surface area (Å²) >= 11 is 3.36. The van der Waals surface area contributed by atoms with Crippen molar-refractivity contribution in [2.45, 2.75) is 58.0 Å². The Hall–Kier alpha value is -1.24. The maximum Gasteiger partial charge on any atom is 0.274 e. The van der Waals surface area contributed by atoms with Crippen LogP contribution in [-0.2, 0) is 4.84 Å². The zero-order valence-electron chi connectivity index (χ0n) is 14.7. The lowest BCUT2D eigenvalue weighted by molar-refractivity contribution is -0.436. The Morgan fingerprint density at radius 3 is 2.29 bits per heavy atom. The fraction of sp³-hybridized carbons (Fsp3) is 0.556. The molecule has 24 heavy (non-hydrogen) atoms. The Labute approximate surface area is 151 Å². The second kappa shape index (κ2) is 7.33. The first-order valence-electron chi connectivity index (χ1n) is 8.16. The normalized spacial score (nSPS) is 20.8. The molecule has 0 amide bonds. The number of piperidine rings is 1. The van der Waals surface area contributed by atoms with E-state index in [1.54, 1.807) is 6.08 Å². The van der Waals surface area contributed by atoms with Crippen LogP contribution in [0.25, 0.3) is 6.08 Å². The third-order valence-electron chi connectivity index (χ3n) is 4.46. The Morgan fingerprint density at radius 2 is 1.79 bits per heavy atom. The monoisotopic (exact) mass is 396 g/mol. The van der Waals surface area contributed by atoms with Gasteiger partial charge < -0.3 is 0 Å². The van der Waals surface area contributed by atoms with Gasteiger partial charge in [-0.05, 0) is 64.7 Å². The van der Waals surface area contributed by atoms with Gasteiger partial charge in [0.05, 0.1) is 4.92 Å². The molecule has 1 aromatic carbocycles. The van der Waals surface area contributed by atoms with E-state index in [0.29, 0.717) is 0 Å². The standard InChI is InChI=1S/C18H25BrN2O3/c1-17(2)10-5-11-18(3,4)21(17)24-13-16(20(22)23)12-14-6-8-15(19)9-7-14/h6-9,12H,5,10-11,13H2,1-4H3/b16-12-. The first-order chi connectivity index (χ1) is 11.1. The fourth-order valence-electron chi connectivity index (χ4n) is 3.35. The van der Waals surface area contributed by atoms with Gasteiger partial charge in [-0.15, -0.1) is 0 Å². The molecule has 0 atom stereocenters. The highest BCUT2D eigenvalue weighted by molar-refractivity contribution is 9.10. The highest BCUT2D eigenvalue weighted by Gasteiger charge is 2.42. The quantitative estimate of drug-likeness (QED) is 0.516. The molecule has 0 saturated carbocycles. The predicted octanol–water partition coefficient (Wildman–Crippen LogP) is 5.04. The lowest BCUT2D eigenvalue weighted by Gasteiger charge is -2.51. The van der Waals surface area contributed by atoms with Crippen molar-refractivity contribution in [2.24, 2.45) is 0 Å². The molecule has 1 fully saturated rings. The number of hydrogen-bond acceptors (Lipinski definition) is 4. The van der Waals surface area contributed by atoms with E-state index in [0.717, 1.165) is 29.3 Å². The lowest BCUT2D eigenvalue weighted by Crippen LogP contribution is -2.58. The van der Waals surface area contributed by atoms with Crippen molar-refractivity contribution in [1.29, 1.82) is 0 Å². The minimum atomic E-state index is -0.369. The van der Waals surface area contributed by atoms with Crippen LogP contribution in [0.15, 0.2) is 34.4 Å². The molecule has 1 saturated heterocycles. The predicted molar refractivity (Wildman–Crippen MR) is 98.9 cm³/mol. The first kappa shape index (κ1) is 19.1. The summed E-state index contributed by atoms with van der Waals surface area (Å²) in [6, 6.07) is 7.40. The van der Waals surface area contributed by atoms with Crippen LogP contribution in [0.4, 0.5) is 0 Å². The Bertz CT molecular complexity index is 608. The fourth-order valence-corrected chi connectivity index (χ4v) is 3.62. The van der Waals surface area contributed by atoms with Crippen LogP contribution in [0.1, 0.15) is 52.5 Å². The van der Waals surface area contributed by atoms with Crippen LogP contribution in [0.3, 0.4) is 0 Å². The van der Waals surface area contributed by atoms with Crippen LogP contribution < -0.4 is 0 Å². The summed E-state index contributed by atoms with van der Waals surface area (Å²) in [7, 11) is 0. The van der Waals surface area contributed by atoms with Crippen molar-refractivity contribution >= 4 is 22.0 Å². The van der Waals surface area contributed by atoms with Gasteiger partial charge in [-0.25, -0.2) is 0 Å². The van der Waals surface area contributed by atoms with Crippen molar-refractivity contribution in [3.63, 3.8) is 0 Å². The summed E-state index contributed by atoms with van der Waals surface area (Å²) in [5, 5.41) is 13.3. The summed E-state index contributed by atoms with van der Waals surface area (Å²) in [5.41, 5.74) is 0.558. The molecular weight excluding hydrogens is 372 g/mol. The average molecular weight is 397 g/mol. The van der Waals surface area contributed by atoms with Crippen molar-refractivity contribution < 1.29 is 9.76 Å². The Balaban J connectivity index is 2.16. The maximum atomic E-state index is 11.4. The van der Waals surface area contributed by atoms with Gasteiger partial charge in [0.25, 0.3) is 5.70 Å². The van der Waals surface area contributed by atoms with E-state index in [4.69, 9.17) is 4.84 Å². The van der Waals surface area contributed by atoms with Gasteiger partial charge in [-0.3, -0.25) is 15.0 Å². The van der Waals surface area contributed by atoms with Gasteiger partial charge in [-0.2, -0.15) is 5.06 Å². The SMILES string of the molecule is CC1(C)CCCC(C)(C)N1OC/C(=C/c1ccc(Br)cc1)[N+](=O)[O-]. The van der Waals surface area contributed by atoms with Gasteiger partial charge in [-0.1, -0.05) is 28.1 Å². The van der Waals surface area contributed by atoms with Gasteiger partial charge in [0.15, 0.2) is 6.61 Å². The van der Waals surface area contributed by atoms with E-state index < -0.39 is 0 Å². The molecule has 1 heterocycles. The molecule has 0 spiro atoms. The van der Waals surface area contributed by atoms with Crippen LogP contribution in [0.2, 0.25) is 0 Å². The number of benzene rings is 1. The van der Waals surface area contributed by atoms with Crippen LogP contribution >= 0.6 is 15.9 Å². The number of hydroxylamine groups is 2. The summed E-state index contributed by atoms with van der Waals surface area (Å²) in [6.45, 7) is 8.45. The molecule has 0 bridgehead atoms. The highest BCUT2D eigenvalue weighted by Crippen LogP contribution is 2.38. The van der Waals surface area contributed by atoms with Gasteiger partial charge in [0.2, 0.25) is 0 Å². The van der Waals surface area contributed by atoms with E-state index in [2.05, 4.69) is 43.6 Å². The Kier molecular flexibility index (Phi) is 5.83. The topological polar surface area (TPSA) is 55.6 Å². The van der Waals surface area contributed by atoms with E-state index in [1.165, 1.54) is 0 Å². The highest BCUT2D eigenvalue weighted by atomic mass is 79.9. The average Bonchev–Trinajstić information content (AvgIpc) is 2.46. The minimum absolute atomic E-state index is 0.0457. The Morgan fingerprint density at radius 1 is 1.25 bits per heavy atom. The summed E-state index contributed by atoms with van der Waals surface area (Å²) < 4.78 is 0.940. The minimum Gasteiger partial charge on any atom is -0.287 e. The van der Waals surface area contributed by atoms with E-state index >= 15 is 0 Å². The van der Waals surface area contributed by atoms with Crippen molar-refractivity contribution in [2.75, 3.05) is 6.61 Å². The van der Waals surface area contributed by atoms with E-state index in [9.17, 15) is 10.1 Å². The number of nitro groups is 1. The molecule has 5 nitrogen and oxygen atoms in total. The summed E-state index contributed by atoms with van der Waals surface area (Å²) in [6.07, 6.45) is 4.73. The molecule has 2 rings (SSSR count). The molecule has 0 aliphatic carbocycles. The number of halogens is 1. The third kappa shape index (κ3) is 4.65. The lowest BCUT2D eigenvalue weighted by atomic mass is 9.82. The van der Waals surface area contributed by atoms with E-state index in [1.807, 2.05) is 29.3 Å². The molecule has 132 valence electrons. The van der Waals surface area contributed by atoms with Crippen LogP contribution in [0.5, 0.6) is 0 Å². The van der Waals surface area contributed by atoms with Crippen LogP contribution in [0, 0.1) is 10.1 Å². The molecule has 0 radical (unpaired) electrons. The second-order valence-electron chi connectivity index (χ2n) is 7.49. The second-order valence-corrected chi connectivity index (χ2v) is 8.41.